The molecule has 0 saturated carbocycles. The van der Waals surface area contributed by atoms with Crippen LogP contribution in [0.25, 0.3) is 0 Å². The number of amides is 1. The molecule has 1 aromatic rings. The number of likely N-dealkylation sites (N-methyl/N-ethyl adjacent to an activating group) is 1. The molecule has 1 N–H and O–H groups in total. The predicted octanol–water partition coefficient (Wildman–Crippen LogP) is 2.74. The van der Waals surface area contributed by atoms with Crippen molar-refractivity contribution in [2.24, 2.45) is 5.92 Å². The lowest BCUT2D eigenvalue weighted by molar-refractivity contribution is -0.122. The Morgan fingerprint density at radius 1 is 1.08 bits per heavy atom. The molecule has 0 bridgehead atoms. The SMILES string of the molecule is CC(C)Cc1ccc([C@@H](C)C(=O)NCCCN2CCN(C)CC2)cc1. The predicted molar refractivity (Wildman–Crippen MR) is 105 cm³/mol. The van der Waals surface area contributed by atoms with Gasteiger partial charge >= 0.3 is 0 Å². The summed E-state index contributed by atoms with van der Waals surface area (Å²) in [6.07, 6.45) is 2.11. The van der Waals surface area contributed by atoms with E-state index in [0.29, 0.717) is 5.92 Å². The zero-order valence-corrected chi connectivity index (χ0v) is 16.4. The van der Waals surface area contributed by atoms with Gasteiger partial charge in [0.1, 0.15) is 0 Å². The fourth-order valence-electron chi connectivity index (χ4n) is 3.30. The van der Waals surface area contributed by atoms with E-state index >= 15 is 0 Å². The van der Waals surface area contributed by atoms with Gasteiger partial charge in [-0.15, -0.1) is 0 Å². The van der Waals surface area contributed by atoms with Gasteiger partial charge in [-0.25, -0.2) is 0 Å². The molecule has 4 heteroatoms. The number of hydrogen-bond acceptors (Lipinski definition) is 3. The number of nitrogens with one attached hydrogen (secondary N) is 1. The van der Waals surface area contributed by atoms with Crippen LogP contribution in [0.1, 0.15) is 44.2 Å². The van der Waals surface area contributed by atoms with Crippen molar-refractivity contribution in [3.8, 4) is 0 Å². The van der Waals surface area contributed by atoms with Crippen LogP contribution in [0, 0.1) is 5.92 Å². The van der Waals surface area contributed by atoms with Gasteiger partial charge in [-0.1, -0.05) is 38.1 Å². The largest absolute Gasteiger partial charge is 0.356 e. The molecule has 2 rings (SSSR count). The van der Waals surface area contributed by atoms with Gasteiger partial charge in [0.05, 0.1) is 5.92 Å². The molecular weight excluding hydrogens is 310 g/mol. The quantitative estimate of drug-likeness (QED) is 0.736. The molecule has 1 heterocycles. The normalized spacial score (nSPS) is 17.6. The number of benzene rings is 1. The van der Waals surface area contributed by atoms with Crippen molar-refractivity contribution in [3.63, 3.8) is 0 Å². The lowest BCUT2D eigenvalue weighted by atomic mass is 9.96. The second-order valence-electron chi connectivity index (χ2n) is 7.85. The highest BCUT2D eigenvalue weighted by Crippen LogP contribution is 2.17. The number of nitrogens with zero attached hydrogens (tertiary/aromatic N) is 2. The van der Waals surface area contributed by atoms with E-state index in [-0.39, 0.29) is 11.8 Å². The van der Waals surface area contributed by atoms with E-state index in [0.717, 1.165) is 57.7 Å². The zero-order valence-electron chi connectivity index (χ0n) is 16.4. The highest BCUT2D eigenvalue weighted by Gasteiger charge is 2.16. The molecular formula is C21H35N3O. The maximum Gasteiger partial charge on any atom is 0.227 e. The number of rotatable bonds is 8. The summed E-state index contributed by atoms with van der Waals surface area (Å²) in [4.78, 5) is 17.2. The minimum absolute atomic E-state index is 0.0864. The smallest absolute Gasteiger partial charge is 0.227 e. The fourth-order valence-corrected chi connectivity index (χ4v) is 3.30. The van der Waals surface area contributed by atoms with E-state index in [2.05, 4.69) is 60.3 Å². The number of carbonyl (C=O) groups is 1. The number of carbonyl (C=O) groups excluding carboxylic acids is 1. The first kappa shape index (κ1) is 19.9. The van der Waals surface area contributed by atoms with E-state index in [4.69, 9.17) is 0 Å². The monoisotopic (exact) mass is 345 g/mol. The molecule has 1 aliphatic heterocycles. The Morgan fingerprint density at radius 2 is 1.72 bits per heavy atom. The van der Waals surface area contributed by atoms with E-state index in [1.807, 2.05) is 6.92 Å². The van der Waals surface area contributed by atoms with Crippen molar-refractivity contribution in [2.75, 3.05) is 46.3 Å². The van der Waals surface area contributed by atoms with Gasteiger partial charge in [0.25, 0.3) is 0 Å². The Hall–Kier alpha value is -1.39. The molecule has 1 fully saturated rings. The molecule has 25 heavy (non-hydrogen) atoms. The Labute approximate surface area is 153 Å². The van der Waals surface area contributed by atoms with Gasteiger partial charge in [0.2, 0.25) is 5.91 Å². The number of hydrogen-bond donors (Lipinski definition) is 1. The average Bonchev–Trinajstić information content (AvgIpc) is 2.59. The van der Waals surface area contributed by atoms with Gasteiger partial charge in [-0.3, -0.25) is 4.79 Å². The van der Waals surface area contributed by atoms with Crippen LogP contribution < -0.4 is 5.32 Å². The van der Waals surface area contributed by atoms with Crippen LogP contribution in [0.15, 0.2) is 24.3 Å². The first-order valence-corrected chi connectivity index (χ1v) is 9.73. The summed E-state index contributed by atoms with van der Waals surface area (Å²) >= 11 is 0. The fraction of sp³-hybridized carbons (Fsp3) is 0.667. The van der Waals surface area contributed by atoms with Crippen LogP contribution in [-0.4, -0.2) is 62.0 Å². The third-order valence-corrected chi connectivity index (χ3v) is 5.06. The van der Waals surface area contributed by atoms with Crippen LogP contribution >= 0.6 is 0 Å². The van der Waals surface area contributed by atoms with Crippen LogP contribution in [-0.2, 0) is 11.2 Å². The third kappa shape index (κ3) is 6.79. The summed E-state index contributed by atoms with van der Waals surface area (Å²) in [5.41, 5.74) is 2.45. The average molecular weight is 346 g/mol. The standard InChI is InChI=1S/C21H35N3O/c1-17(2)16-19-6-8-20(9-7-19)18(3)21(25)22-10-5-11-24-14-12-23(4)13-15-24/h6-9,17-18H,5,10-16H2,1-4H3,(H,22,25)/t18-/m1/s1. The molecule has 0 spiro atoms. The summed E-state index contributed by atoms with van der Waals surface area (Å²) in [5.74, 6) is 0.707. The zero-order chi connectivity index (χ0) is 18.2. The molecule has 140 valence electrons. The van der Waals surface area contributed by atoms with Crippen LogP contribution in [0.3, 0.4) is 0 Å². The second kappa shape index (κ2) is 9.93. The highest BCUT2D eigenvalue weighted by molar-refractivity contribution is 5.83. The molecule has 0 unspecified atom stereocenters. The van der Waals surface area contributed by atoms with Gasteiger partial charge in [0, 0.05) is 32.7 Å². The molecule has 1 aromatic carbocycles. The molecule has 0 aromatic heterocycles. The van der Waals surface area contributed by atoms with Crippen molar-refractivity contribution in [1.82, 2.24) is 15.1 Å². The van der Waals surface area contributed by atoms with Crippen molar-refractivity contribution in [3.05, 3.63) is 35.4 Å². The van der Waals surface area contributed by atoms with Crippen LogP contribution in [0.5, 0.6) is 0 Å². The number of piperazine rings is 1. The Morgan fingerprint density at radius 3 is 2.32 bits per heavy atom. The lowest BCUT2D eigenvalue weighted by Crippen LogP contribution is -2.45. The maximum absolute atomic E-state index is 12.4. The summed E-state index contributed by atoms with van der Waals surface area (Å²) < 4.78 is 0. The summed E-state index contributed by atoms with van der Waals surface area (Å²) in [6.45, 7) is 12.9. The first-order chi connectivity index (χ1) is 12.0. The summed E-state index contributed by atoms with van der Waals surface area (Å²) in [5, 5.41) is 3.10. The van der Waals surface area contributed by atoms with Crippen molar-refractivity contribution in [2.45, 2.75) is 39.5 Å². The topological polar surface area (TPSA) is 35.6 Å². The summed E-state index contributed by atoms with van der Waals surface area (Å²) in [7, 11) is 2.17. The molecule has 4 nitrogen and oxygen atoms in total. The second-order valence-corrected chi connectivity index (χ2v) is 7.85. The third-order valence-electron chi connectivity index (χ3n) is 5.06. The molecule has 1 atom stereocenters. The van der Waals surface area contributed by atoms with E-state index in [1.165, 1.54) is 5.56 Å². The van der Waals surface area contributed by atoms with Gasteiger partial charge < -0.3 is 15.1 Å². The molecule has 0 aliphatic carbocycles. The van der Waals surface area contributed by atoms with Crippen molar-refractivity contribution >= 4 is 5.91 Å². The minimum atomic E-state index is -0.0864. The molecule has 1 saturated heterocycles. The van der Waals surface area contributed by atoms with Gasteiger partial charge in [-0.05, 0) is 50.4 Å². The van der Waals surface area contributed by atoms with E-state index < -0.39 is 0 Å². The van der Waals surface area contributed by atoms with Crippen molar-refractivity contribution in [1.29, 1.82) is 0 Å². The minimum Gasteiger partial charge on any atom is -0.356 e. The molecule has 1 amide bonds. The Bertz CT molecular complexity index is 518. The van der Waals surface area contributed by atoms with E-state index in [1.54, 1.807) is 0 Å². The van der Waals surface area contributed by atoms with Crippen LogP contribution in [0.4, 0.5) is 0 Å². The van der Waals surface area contributed by atoms with Gasteiger partial charge in [-0.2, -0.15) is 0 Å². The maximum atomic E-state index is 12.4. The van der Waals surface area contributed by atoms with Crippen molar-refractivity contribution < 1.29 is 4.79 Å². The Balaban J connectivity index is 1.69. The first-order valence-electron chi connectivity index (χ1n) is 9.73. The lowest BCUT2D eigenvalue weighted by Gasteiger charge is -2.32. The van der Waals surface area contributed by atoms with E-state index in [9.17, 15) is 4.79 Å². The summed E-state index contributed by atoms with van der Waals surface area (Å²) in [6, 6.07) is 8.53. The van der Waals surface area contributed by atoms with Crippen LogP contribution in [0.2, 0.25) is 0 Å². The highest BCUT2D eigenvalue weighted by atomic mass is 16.1. The van der Waals surface area contributed by atoms with Gasteiger partial charge in [0.15, 0.2) is 0 Å². The Kier molecular flexibility index (Phi) is 7.91. The molecule has 0 radical (unpaired) electrons. The molecule has 1 aliphatic rings.